The first kappa shape index (κ1) is 34.3. The zero-order chi connectivity index (χ0) is 36.4. The van der Waals surface area contributed by atoms with Gasteiger partial charge in [0.15, 0.2) is 5.82 Å². The number of carbonyl (C=O) groups is 4. The minimum Gasteiger partial charge on any atom is -0.340 e. The number of aryl methyl sites for hydroxylation is 2. The third-order valence-corrected chi connectivity index (χ3v) is 11.9. The molecule has 6 heterocycles. The van der Waals surface area contributed by atoms with Gasteiger partial charge in [0.2, 0.25) is 17.7 Å². The highest BCUT2D eigenvalue weighted by atomic mass is 35.5. The highest BCUT2D eigenvalue weighted by Gasteiger charge is 2.41. The minimum atomic E-state index is -0.805. The van der Waals surface area contributed by atoms with E-state index in [1.165, 1.54) is 15.8 Å². The van der Waals surface area contributed by atoms with Gasteiger partial charge in [-0.25, -0.2) is 4.39 Å². The molecule has 52 heavy (non-hydrogen) atoms. The Hall–Kier alpha value is -4.79. The monoisotopic (exact) mass is 742 g/mol. The van der Waals surface area contributed by atoms with Gasteiger partial charge >= 0.3 is 0 Å². The van der Waals surface area contributed by atoms with Crippen molar-refractivity contribution in [3.63, 3.8) is 0 Å². The SMILES string of the molecule is Cc1sc2c(c1C)C(c1ccc(Cl)cc1)=N[C@@H](CC(=O)N1CCN(Cc3cc(F)c4c(c3)CN(C3CCC(=O)NC3=O)C4=O)CC1)c1nnc(C)n1-2. The maximum Gasteiger partial charge on any atom is 0.258 e. The average Bonchev–Trinajstić information content (AvgIpc) is 3.72. The van der Waals surface area contributed by atoms with Crippen molar-refractivity contribution in [2.24, 2.45) is 4.99 Å². The Morgan fingerprint density at radius 2 is 1.77 bits per heavy atom. The lowest BCUT2D eigenvalue weighted by atomic mass is 9.99. The highest BCUT2D eigenvalue weighted by molar-refractivity contribution is 7.15. The Morgan fingerprint density at radius 3 is 2.50 bits per heavy atom. The molecule has 15 heteroatoms. The number of piperidine rings is 1. The number of rotatable bonds is 6. The van der Waals surface area contributed by atoms with Crippen molar-refractivity contribution in [3.05, 3.63) is 97.1 Å². The minimum absolute atomic E-state index is 0.0179. The fraction of sp³-hybridized carbons (Fsp3) is 0.378. The summed E-state index contributed by atoms with van der Waals surface area (Å²) in [5, 5.41) is 12.8. The number of hydrogen-bond acceptors (Lipinski definition) is 9. The molecule has 2 atom stereocenters. The fourth-order valence-electron chi connectivity index (χ4n) is 7.65. The first-order valence-corrected chi connectivity index (χ1v) is 18.5. The molecule has 2 fully saturated rings. The first-order chi connectivity index (χ1) is 25.0. The van der Waals surface area contributed by atoms with Crippen LogP contribution in [0.15, 0.2) is 41.4 Å². The largest absolute Gasteiger partial charge is 0.340 e. The Bertz CT molecular complexity index is 2190. The lowest BCUT2D eigenvalue weighted by Crippen LogP contribution is -2.52. The van der Waals surface area contributed by atoms with Crippen LogP contribution in [0, 0.1) is 26.6 Å². The van der Waals surface area contributed by atoms with Gasteiger partial charge in [-0.2, -0.15) is 0 Å². The van der Waals surface area contributed by atoms with Crippen LogP contribution in [0.3, 0.4) is 0 Å². The molecule has 4 aliphatic rings. The van der Waals surface area contributed by atoms with Gasteiger partial charge in [0.05, 0.1) is 17.7 Å². The number of carbonyl (C=O) groups excluding carboxylic acids is 4. The van der Waals surface area contributed by atoms with Gasteiger partial charge in [0.1, 0.15) is 28.7 Å². The summed E-state index contributed by atoms with van der Waals surface area (Å²) < 4.78 is 17.4. The number of piperazine rings is 1. The summed E-state index contributed by atoms with van der Waals surface area (Å²) in [7, 11) is 0. The van der Waals surface area contributed by atoms with E-state index >= 15 is 4.39 Å². The van der Waals surface area contributed by atoms with Crippen LogP contribution < -0.4 is 5.32 Å². The predicted octanol–water partition coefficient (Wildman–Crippen LogP) is 4.43. The van der Waals surface area contributed by atoms with E-state index in [-0.39, 0.29) is 43.2 Å². The number of fused-ring (bicyclic) bond motifs is 4. The molecule has 2 aromatic heterocycles. The van der Waals surface area contributed by atoms with Gasteiger partial charge in [0, 0.05) is 66.7 Å². The number of nitrogens with one attached hydrogen (secondary N) is 1. The van der Waals surface area contributed by atoms with E-state index in [1.54, 1.807) is 11.3 Å². The Labute approximate surface area is 308 Å². The van der Waals surface area contributed by atoms with E-state index in [1.807, 2.05) is 46.7 Å². The van der Waals surface area contributed by atoms with Crippen molar-refractivity contribution >= 4 is 52.3 Å². The van der Waals surface area contributed by atoms with Crippen LogP contribution >= 0.6 is 22.9 Å². The zero-order valence-corrected chi connectivity index (χ0v) is 30.5. The molecule has 2 saturated heterocycles. The second-order valence-electron chi connectivity index (χ2n) is 13.8. The highest BCUT2D eigenvalue weighted by Crippen LogP contribution is 2.40. The smallest absolute Gasteiger partial charge is 0.258 e. The second kappa shape index (κ2) is 13.3. The molecule has 0 spiro atoms. The van der Waals surface area contributed by atoms with Crippen molar-refractivity contribution in [1.82, 2.24) is 34.8 Å². The maximum absolute atomic E-state index is 15.3. The normalized spacial score (nSPS) is 20.3. The summed E-state index contributed by atoms with van der Waals surface area (Å²) in [4.78, 5) is 62.8. The molecular weight excluding hydrogens is 707 g/mol. The van der Waals surface area contributed by atoms with E-state index in [0.29, 0.717) is 54.7 Å². The predicted molar refractivity (Wildman–Crippen MR) is 192 cm³/mol. The van der Waals surface area contributed by atoms with Crippen molar-refractivity contribution in [3.8, 4) is 5.00 Å². The van der Waals surface area contributed by atoms with Crippen LogP contribution in [0.25, 0.3) is 5.00 Å². The molecular formula is C37H36ClFN8O4S. The van der Waals surface area contributed by atoms with Gasteiger partial charge in [0.25, 0.3) is 5.91 Å². The fourth-order valence-corrected chi connectivity index (χ4v) is 8.99. The first-order valence-electron chi connectivity index (χ1n) is 17.3. The lowest BCUT2D eigenvalue weighted by molar-refractivity contribution is -0.137. The summed E-state index contributed by atoms with van der Waals surface area (Å²) in [5.41, 5.74) is 5.06. The lowest BCUT2D eigenvalue weighted by Gasteiger charge is -2.35. The third kappa shape index (κ3) is 6.01. The van der Waals surface area contributed by atoms with Crippen molar-refractivity contribution in [2.45, 2.75) is 65.2 Å². The average molecular weight is 743 g/mol. The number of aromatic nitrogens is 3. The topological polar surface area (TPSA) is 133 Å². The number of thiophene rings is 1. The molecule has 268 valence electrons. The molecule has 2 aromatic carbocycles. The second-order valence-corrected chi connectivity index (χ2v) is 15.4. The van der Waals surface area contributed by atoms with E-state index in [4.69, 9.17) is 16.6 Å². The van der Waals surface area contributed by atoms with Crippen LogP contribution in [0.4, 0.5) is 4.39 Å². The molecule has 4 aromatic rings. The summed E-state index contributed by atoms with van der Waals surface area (Å²) in [6, 6.07) is 9.43. The van der Waals surface area contributed by atoms with E-state index < -0.39 is 29.7 Å². The molecule has 4 aliphatic heterocycles. The van der Waals surface area contributed by atoms with Crippen LogP contribution in [0.1, 0.15) is 80.0 Å². The number of halogens is 2. The maximum atomic E-state index is 15.3. The van der Waals surface area contributed by atoms with Gasteiger partial charge in [-0.15, -0.1) is 21.5 Å². The van der Waals surface area contributed by atoms with Gasteiger partial charge in [-0.3, -0.25) is 39.0 Å². The quantitative estimate of drug-likeness (QED) is 0.289. The summed E-state index contributed by atoms with van der Waals surface area (Å²) in [6.07, 6.45) is 0.469. The zero-order valence-electron chi connectivity index (χ0n) is 28.9. The molecule has 4 amide bonds. The van der Waals surface area contributed by atoms with Gasteiger partial charge < -0.3 is 9.80 Å². The van der Waals surface area contributed by atoms with Gasteiger partial charge in [-0.1, -0.05) is 29.8 Å². The number of imide groups is 1. The molecule has 8 rings (SSSR count). The summed E-state index contributed by atoms with van der Waals surface area (Å²) in [6.45, 7) is 8.80. The summed E-state index contributed by atoms with van der Waals surface area (Å²) in [5.74, 6) is -0.735. The van der Waals surface area contributed by atoms with Crippen LogP contribution in [0.5, 0.6) is 0 Å². The van der Waals surface area contributed by atoms with Gasteiger partial charge in [-0.05, 0) is 62.1 Å². The molecule has 0 saturated carbocycles. The molecule has 0 bridgehead atoms. The van der Waals surface area contributed by atoms with Crippen LogP contribution in [0.2, 0.25) is 5.02 Å². The van der Waals surface area contributed by atoms with E-state index in [0.717, 1.165) is 33.2 Å². The number of hydrogen-bond donors (Lipinski definition) is 1. The Balaban J connectivity index is 0.966. The third-order valence-electron chi connectivity index (χ3n) is 10.5. The number of aliphatic imine (C=N–C) groups is 1. The van der Waals surface area contributed by atoms with Crippen molar-refractivity contribution in [1.29, 1.82) is 0 Å². The molecule has 1 N–H and O–H groups in total. The number of nitrogens with zero attached hydrogens (tertiary/aromatic N) is 7. The Kier molecular flexibility index (Phi) is 8.79. The van der Waals surface area contributed by atoms with E-state index in [2.05, 4.69) is 34.3 Å². The van der Waals surface area contributed by atoms with Crippen molar-refractivity contribution < 1.29 is 23.6 Å². The number of benzene rings is 2. The molecule has 1 unspecified atom stereocenters. The summed E-state index contributed by atoms with van der Waals surface area (Å²) >= 11 is 7.91. The number of amides is 4. The molecule has 0 aliphatic carbocycles. The molecule has 12 nitrogen and oxygen atoms in total. The van der Waals surface area contributed by atoms with Crippen LogP contribution in [-0.4, -0.2) is 91.0 Å². The molecule has 0 radical (unpaired) electrons. The van der Waals surface area contributed by atoms with E-state index in [9.17, 15) is 19.2 Å². The standard InChI is InChI=1S/C37H36ClFN8O4S/c1-19-20(2)52-37-31(19)33(23-4-6-25(38)7-5-23)40-27(34-43-42-21(3)47(34)37)16-30(49)45-12-10-44(11-13-45)17-22-14-24-18-46(36(51)32(24)26(39)15-22)28-8-9-29(48)41-35(28)50/h4-7,14-15,27-28H,8-13,16-18H2,1-3H3,(H,41,48,50)/t27-,28?/m0/s1. The van der Waals surface area contributed by atoms with Crippen molar-refractivity contribution in [2.75, 3.05) is 26.2 Å². The van der Waals surface area contributed by atoms with Crippen LogP contribution in [-0.2, 0) is 27.5 Å². The Morgan fingerprint density at radius 1 is 1.02 bits per heavy atom.